The normalized spacial score (nSPS) is 16.4. The molecule has 0 aliphatic rings. The lowest BCUT2D eigenvalue weighted by atomic mass is 10.2. The van der Waals surface area contributed by atoms with E-state index >= 15 is 0 Å². The quantitative estimate of drug-likeness (QED) is 0.514. The fraction of sp³-hybridized carbons (Fsp3) is 1.00. The zero-order chi connectivity index (χ0) is 11.4. The minimum atomic E-state index is -4.36. The average molecular weight is 245 g/mol. The summed E-state index contributed by atoms with van der Waals surface area (Å²) in [4.78, 5) is 26.4. The van der Waals surface area contributed by atoms with Crippen LogP contribution in [0.3, 0.4) is 0 Å². The monoisotopic (exact) mass is 245 g/mol. The van der Waals surface area contributed by atoms with Gasteiger partial charge in [0.2, 0.25) is 0 Å². The first-order chi connectivity index (χ1) is 6.29. The Morgan fingerprint density at radius 2 is 1.71 bits per heavy atom. The van der Waals surface area contributed by atoms with Crippen LogP contribution in [0.2, 0.25) is 0 Å². The van der Waals surface area contributed by atoms with Crippen LogP contribution >= 0.6 is 15.6 Å². The van der Waals surface area contributed by atoms with Crippen LogP contribution in [0.4, 0.5) is 0 Å². The van der Waals surface area contributed by atoms with Gasteiger partial charge in [0.15, 0.2) is 0 Å². The van der Waals surface area contributed by atoms with Crippen molar-refractivity contribution < 1.29 is 28.9 Å². The van der Waals surface area contributed by atoms with Gasteiger partial charge >= 0.3 is 15.6 Å². The molecule has 0 aliphatic heterocycles. The number of aliphatic hydroxyl groups is 1. The maximum Gasteiger partial charge on any atom is 0.421 e. The molecule has 2 atom stereocenters. The molecule has 0 fully saturated rings. The Balaban J connectivity index is 4.27. The van der Waals surface area contributed by atoms with E-state index < -0.39 is 27.1 Å². The van der Waals surface area contributed by atoms with Gasteiger partial charge in [0.25, 0.3) is 5.40 Å². The van der Waals surface area contributed by atoms with Crippen molar-refractivity contribution in [3.8, 4) is 0 Å². The SMILES string of the molecule is CCC(O)CCC(P(=O)=O)[P+](O)(O)O. The van der Waals surface area contributed by atoms with Crippen LogP contribution in [0.5, 0.6) is 0 Å². The van der Waals surface area contributed by atoms with E-state index in [0.717, 1.165) is 0 Å². The molecule has 4 N–H and O–H groups in total. The summed E-state index contributed by atoms with van der Waals surface area (Å²) in [5.41, 5.74) is 0. The molecular weight excluding hydrogens is 230 g/mol. The van der Waals surface area contributed by atoms with Crippen molar-refractivity contribution in [3.63, 3.8) is 0 Å². The van der Waals surface area contributed by atoms with Crippen LogP contribution in [-0.4, -0.2) is 31.3 Å². The highest BCUT2D eigenvalue weighted by Gasteiger charge is 2.47. The van der Waals surface area contributed by atoms with Crippen molar-refractivity contribution >= 4 is 15.6 Å². The lowest BCUT2D eigenvalue weighted by Crippen LogP contribution is -2.12. The minimum absolute atomic E-state index is 0.119. The maximum atomic E-state index is 10.6. The van der Waals surface area contributed by atoms with Gasteiger partial charge in [-0.1, -0.05) is 6.92 Å². The molecule has 84 valence electrons. The van der Waals surface area contributed by atoms with Gasteiger partial charge in [-0.15, -0.1) is 0 Å². The van der Waals surface area contributed by atoms with Crippen LogP contribution in [0.15, 0.2) is 0 Å². The lowest BCUT2D eigenvalue weighted by Gasteiger charge is -2.12. The molecule has 0 heterocycles. The molecule has 14 heavy (non-hydrogen) atoms. The maximum absolute atomic E-state index is 10.6. The van der Waals surface area contributed by atoms with E-state index in [0.29, 0.717) is 6.42 Å². The number of hydrogen-bond donors (Lipinski definition) is 4. The van der Waals surface area contributed by atoms with Crippen molar-refractivity contribution in [2.45, 2.75) is 37.7 Å². The third kappa shape index (κ3) is 5.15. The Morgan fingerprint density at radius 3 is 2.00 bits per heavy atom. The van der Waals surface area contributed by atoms with Gasteiger partial charge in [-0.25, -0.2) is 9.13 Å². The predicted molar refractivity (Wildman–Crippen MR) is 51.2 cm³/mol. The third-order valence-electron chi connectivity index (χ3n) is 1.87. The summed E-state index contributed by atoms with van der Waals surface area (Å²) in [5.74, 6) is 0. The second kappa shape index (κ2) is 5.91. The summed E-state index contributed by atoms with van der Waals surface area (Å²) >= 11 is 0. The molecule has 0 saturated carbocycles. The van der Waals surface area contributed by atoms with Gasteiger partial charge < -0.3 is 5.11 Å². The van der Waals surface area contributed by atoms with E-state index in [1.807, 2.05) is 0 Å². The van der Waals surface area contributed by atoms with E-state index in [1.165, 1.54) is 0 Å². The van der Waals surface area contributed by atoms with Crippen LogP contribution in [0.1, 0.15) is 26.2 Å². The minimum Gasteiger partial charge on any atom is -0.393 e. The molecule has 2 unspecified atom stereocenters. The first-order valence-electron chi connectivity index (χ1n) is 4.17. The van der Waals surface area contributed by atoms with Crippen molar-refractivity contribution in [2.24, 2.45) is 0 Å². The molecule has 6 nitrogen and oxygen atoms in total. The van der Waals surface area contributed by atoms with Crippen molar-refractivity contribution in [1.82, 2.24) is 0 Å². The molecule has 0 aromatic carbocycles. The molecule has 0 aromatic heterocycles. The summed E-state index contributed by atoms with van der Waals surface area (Å²) < 4.78 is 21.1. The second-order valence-corrected chi connectivity index (χ2v) is 6.47. The summed E-state index contributed by atoms with van der Waals surface area (Å²) in [6, 6.07) is 0. The van der Waals surface area contributed by atoms with Crippen molar-refractivity contribution in [1.29, 1.82) is 0 Å². The van der Waals surface area contributed by atoms with Gasteiger partial charge in [0, 0.05) is 6.42 Å². The Labute approximate surface area is 83.0 Å². The zero-order valence-electron chi connectivity index (χ0n) is 7.78. The summed E-state index contributed by atoms with van der Waals surface area (Å²) in [7, 11) is -7.46. The third-order valence-corrected chi connectivity index (χ3v) is 5.17. The largest absolute Gasteiger partial charge is 0.421 e. The number of aliphatic hydroxyl groups excluding tert-OH is 1. The molecule has 0 rings (SSSR count). The van der Waals surface area contributed by atoms with Gasteiger partial charge in [0.05, 0.1) is 6.10 Å². The average Bonchev–Trinajstić information content (AvgIpc) is 2.01. The Kier molecular flexibility index (Phi) is 5.98. The zero-order valence-corrected chi connectivity index (χ0v) is 9.56. The van der Waals surface area contributed by atoms with Crippen molar-refractivity contribution in [2.75, 3.05) is 0 Å². The van der Waals surface area contributed by atoms with Gasteiger partial charge in [-0.05, 0) is 12.8 Å². The first kappa shape index (κ1) is 14.2. The lowest BCUT2D eigenvalue weighted by molar-refractivity contribution is 0.157. The van der Waals surface area contributed by atoms with Crippen LogP contribution in [0, 0.1) is 0 Å². The standard InChI is InChI=1S/C6H15O6P2/c1-2-5(7)3-4-6(13(8)9)14(10,11)12/h5-7,10-12H,2-4H2,1H3/q+1. The number of rotatable bonds is 6. The van der Waals surface area contributed by atoms with Gasteiger partial charge in [0.1, 0.15) is 0 Å². The smallest absolute Gasteiger partial charge is 0.393 e. The van der Waals surface area contributed by atoms with Gasteiger partial charge in [-0.2, -0.15) is 14.7 Å². The van der Waals surface area contributed by atoms with Gasteiger partial charge in [-0.3, -0.25) is 0 Å². The van der Waals surface area contributed by atoms with Crippen LogP contribution in [0.25, 0.3) is 0 Å². The van der Waals surface area contributed by atoms with Crippen LogP contribution < -0.4 is 0 Å². The molecule has 0 aromatic rings. The van der Waals surface area contributed by atoms with E-state index in [1.54, 1.807) is 6.92 Å². The Morgan fingerprint density at radius 1 is 1.21 bits per heavy atom. The van der Waals surface area contributed by atoms with E-state index in [2.05, 4.69) is 0 Å². The molecule has 0 radical (unpaired) electrons. The molecule has 0 bridgehead atoms. The fourth-order valence-electron chi connectivity index (χ4n) is 0.951. The molecule has 0 aliphatic carbocycles. The summed E-state index contributed by atoms with van der Waals surface area (Å²) in [6.45, 7) is 1.72. The Bertz CT molecular complexity index is 225. The fourth-order valence-corrected chi connectivity index (χ4v) is 2.82. The van der Waals surface area contributed by atoms with E-state index in [-0.39, 0.29) is 12.8 Å². The van der Waals surface area contributed by atoms with Crippen LogP contribution in [-0.2, 0) is 9.13 Å². The molecule has 0 amide bonds. The molecule has 0 saturated heterocycles. The highest BCUT2D eigenvalue weighted by Crippen LogP contribution is 2.58. The highest BCUT2D eigenvalue weighted by atomic mass is 31.2. The molecule has 8 heteroatoms. The van der Waals surface area contributed by atoms with E-state index in [9.17, 15) is 9.13 Å². The van der Waals surface area contributed by atoms with E-state index in [4.69, 9.17) is 19.8 Å². The Hall–Kier alpha value is 0.170. The molecular formula is C6H15O6P2+. The predicted octanol–water partition coefficient (Wildman–Crippen LogP) is 0.776. The number of hydrogen-bond acceptors (Lipinski definition) is 6. The second-order valence-electron chi connectivity index (χ2n) is 3.02. The topological polar surface area (TPSA) is 115 Å². The van der Waals surface area contributed by atoms with Crippen molar-refractivity contribution in [3.05, 3.63) is 0 Å². The summed E-state index contributed by atoms with van der Waals surface area (Å²) in [5, 5.41) is 7.57. The first-order valence-corrected chi connectivity index (χ1v) is 7.13. The molecule has 0 spiro atoms. The highest BCUT2D eigenvalue weighted by molar-refractivity contribution is 7.68. The summed E-state index contributed by atoms with van der Waals surface area (Å²) in [6.07, 6.45) is -0.256.